The summed E-state index contributed by atoms with van der Waals surface area (Å²) in [5.41, 5.74) is 0.218. The Morgan fingerprint density at radius 1 is 1.04 bits per heavy atom. The van der Waals surface area contributed by atoms with Crippen molar-refractivity contribution in [3.63, 3.8) is 0 Å². The summed E-state index contributed by atoms with van der Waals surface area (Å²) < 4.78 is 5.33. The van der Waals surface area contributed by atoms with Crippen LogP contribution in [0.15, 0.2) is 12.1 Å². The lowest BCUT2D eigenvalue weighted by molar-refractivity contribution is -0.144. The predicted molar refractivity (Wildman–Crippen MR) is 95.6 cm³/mol. The molecule has 8 heteroatoms. The molecule has 3 rings (SSSR count). The van der Waals surface area contributed by atoms with E-state index in [1.54, 1.807) is 0 Å². The fourth-order valence-electron chi connectivity index (χ4n) is 3.29. The normalized spacial score (nSPS) is 18.4. The van der Waals surface area contributed by atoms with Crippen molar-refractivity contribution in [3.8, 4) is 11.5 Å². The summed E-state index contributed by atoms with van der Waals surface area (Å²) in [6.45, 7) is -0.662. The van der Waals surface area contributed by atoms with Crippen molar-refractivity contribution < 1.29 is 29.0 Å². The molecule has 8 nitrogen and oxygen atoms in total. The van der Waals surface area contributed by atoms with E-state index >= 15 is 0 Å². The smallest absolute Gasteiger partial charge is 0.262 e. The fourth-order valence-corrected chi connectivity index (χ4v) is 3.29. The molecule has 2 aliphatic heterocycles. The van der Waals surface area contributed by atoms with Gasteiger partial charge >= 0.3 is 0 Å². The number of nitrogens with zero attached hydrogens (tertiary/aromatic N) is 1. The van der Waals surface area contributed by atoms with Crippen LogP contribution in [0.4, 0.5) is 5.69 Å². The minimum atomic E-state index is -0.531. The fraction of sp³-hybridized carbons (Fsp3) is 0.474. The van der Waals surface area contributed by atoms with Crippen LogP contribution in [0.3, 0.4) is 0 Å². The average Bonchev–Trinajstić information content (AvgIpc) is 2.63. The van der Waals surface area contributed by atoms with Crippen LogP contribution in [-0.4, -0.2) is 46.7 Å². The summed E-state index contributed by atoms with van der Waals surface area (Å²) in [4.78, 5) is 50.1. The van der Waals surface area contributed by atoms with Gasteiger partial charge in [0.15, 0.2) is 18.1 Å². The first kappa shape index (κ1) is 18.9. The minimum Gasteiger partial charge on any atom is -0.508 e. The molecule has 0 unspecified atom stereocenters. The van der Waals surface area contributed by atoms with Crippen molar-refractivity contribution in [2.24, 2.45) is 0 Å². The molecule has 0 bridgehead atoms. The number of aromatic hydroxyl groups is 1. The van der Waals surface area contributed by atoms with E-state index in [1.807, 2.05) is 0 Å². The van der Waals surface area contributed by atoms with Gasteiger partial charge in [-0.3, -0.25) is 24.1 Å². The Bertz CT molecular complexity index is 769. The van der Waals surface area contributed by atoms with Gasteiger partial charge in [0.1, 0.15) is 5.75 Å². The number of phenolic OH excluding ortho intramolecular Hbond substituents is 1. The number of ether oxygens (including phenoxy) is 1. The van der Waals surface area contributed by atoms with Gasteiger partial charge in [-0.1, -0.05) is 19.3 Å². The molecule has 0 aliphatic carbocycles. The highest BCUT2D eigenvalue weighted by molar-refractivity contribution is 6.08. The van der Waals surface area contributed by atoms with Gasteiger partial charge in [-0.15, -0.1) is 0 Å². The third-order valence-corrected chi connectivity index (χ3v) is 4.68. The van der Waals surface area contributed by atoms with E-state index in [9.17, 15) is 24.3 Å². The van der Waals surface area contributed by atoms with Gasteiger partial charge in [-0.05, 0) is 18.9 Å². The van der Waals surface area contributed by atoms with Gasteiger partial charge in [0, 0.05) is 18.9 Å². The van der Waals surface area contributed by atoms with E-state index in [2.05, 4.69) is 5.32 Å². The summed E-state index contributed by atoms with van der Waals surface area (Å²) in [7, 11) is 0. The number of anilines is 1. The summed E-state index contributed by atoms with van der Waals surface area (Å²) in [5, 5.41) is 12.4. The predicted octanol–water partition coefficient (Wildman–Crippen LogP) is 2.01. The third kappa shape index (κ3) is 4.45. The van der Waals surface area contributed by atoms with Gasteiger partial charge in [-0.25, -0.2) is 0 Å². The van der Waals surface area contributed by atoms with Crippen LogP contribution in [0.1, 0.15) is 55.3 Å². The van der Waals surface area contributed by atoms with E-state index in [1.165, 1.54) is 12.1 Å². The van der Waals surface area contributed by atoms with Crippen molar-refractivity contribution in [1.82, 2.24) is 4.90 Å². The van der Waals surface area contributed by atoms with Gasteiger partial charge < -0.3 is 15.2 Å². The van der Waals surface area contributed by atoms with Crippen molar-refractivity contribution >= 4 is 29.2 Å². The van der Waals surface area contributed by atoms with Gasteiger partial charge in [-0.2, -0.15) is 0 Å². The zero-order valence-corrected chi connectivity index (χ0v) is 15.0. The second-order valence-electron chi connectivity index (χ2n) is 6.77. The second-order valence-corrected chi connectivity index (χ2v) is 6.77. The molecule has 0 atom stereocenters. The zero-order valence-electron chi connectivity index (χ0n) is 15.0. The van der Waals surface area contributed by atoms with Gasteiger partial charge in [0.2, 0.25) is 11.8 Å². The van der Waals surface area contributed by atoms with E-state index in [0.29, 0.717) is 12.8 Å². The number of phenols is 1. The van der Waals surface area contributed by atoms with Crippen molar-refractivity contribution in [2.45, 2.75) is 44.9 Å². The van der Waals surface area contributed by atoms with Crippen LogP contribution in [0.5, 0.6) is 11.5 Å². The van der Waals surface area contributed by atoms with Crippen molar-refractivity contribution in [2.75, 3.05) is 18.5 Å². The molecule has 2 N–H and O–H groups in total. The number of ketones is 1. The lowest BCUT2D eigenvalue weighted by atomic mass is 10.0. The lowest BCUT2D eigenvalue weighted by Crippen LogP contribution is -2.41. The molecule has 1 saturated heterocycles. The topological polar surface area (TPSA) is 113 Å². The minimum absolute atomic E-state index is 0.0303. The Labute approximate surface area is 156 Å². The molecular formula is C19H22N2O6. The van der Waals surface area contributed by atoms with Gasteiger partial charge in [0.05, 0.1) is 17.8 Å². The number of imide groups is 1. The molecule has 3 amide bonds. The second kappa shape index (κ2) is 8.20. The molecule has 0 saturated carbocycles. The summed E-state index contributed by atoms with van der Waals surface area (Å²) in [5.74, 6) is -1.73. The number of hydrogen-bond donors (Lipinski definition) is 2. The number of amides is 3. The molecule has 2 heterocycles. The third-order valence-electron chi connectivity index (χ3n) is 4.68. The molecule has 1 aromatic rings. The Morgan fingerprint density at radius 2 is 1.67 bits per heavy atom. The first-order valence-electron chi connectivity index (χ1n) is 9.12. The highest BCUT2D eigenvalue weighted by Gasteiger charge is 2.29. The summed E-state index contributed by atoms with van der Waals surface area (Å²) in [6.07, 6.45) is 4.68. The number of carbonyl (C=O) groups is 4. The van der Waals surface area contributed by atoms with Crippen LogP contribution in [0, 0.1) is 0 Å². The number of fused-ring (bicyclic) bond motifs is 1. The van der Waals surface area contributed by atoms with Crippen LogP contribution >= 0.6 is 0 Å². The Balaban J connectivity index is 1.83. The molecule has 0 aromatic heterocycles. The maximum atomic E-state index is 12.8. The number of carbonyl (C=O) groups excluding carboxylic acids is 4. The van der Waals surface area contributed by atoms with Crippen LogP contribution in [0.25, 0.3) is 0 Å². The van der Waals surface area contributed by atoms with Crippen molar-refractivity contribution in [1.29, 1.82) is 0 Å². The zero-order chi connectivity index (χ0) is 19.4. The molecule has 0 radical (unpaired) electrons. The van der Waals surface area contributed by atoms with Crippen LogP contribution < -0.4 is 10.1 Å². The SMILES string of the molecule is O=C1COc2c(cc(O)cc2C(=O)CN2C(=O)CCCCCCCC2=O)N1. The molecule has 144 valence electrons. The Hall–Kier alpha value is -2.90. The molecule has 2 aliphatic rings. The summed E-state index contributed by atoms with van der Waals surface area (Å²) in [6, 6.07) is 2.50. The van der Waals surface area contributed by atoms with E-state index in [-0.39, 0.29) is 54.0 Å². The molecule has 1 fully saturated rings. The van der Waals surface area contributed by atoms with Crippen molar-refractivity contribution in [3.05, 3.63) is 17.7 Å². The van der Waals surface area contributed by atoms with E-state index < -0.39 is 18.2 Å². The number of nitrogens with one attached hydrogen (secondary N) is 1. The number of Topliss-reactive ketones (excluding diaryl/α,β-unsaturated/α-hetero) is 1. The highest BCUT2D eigenvalue weighted by atomic mass is 16.5. The standard InChI is InChI=1S/C19H22N2O6/c22-12-8-13(19-14(9-12)20-16(24)11-27-19)15(23)10-21-17(25)6-4-2-1-3-5-7-18(21)26/h8-9,22H,1-7,10-11H2,(H,20,24). The quantitative estimate of drug-likeness (QED) is 0.618. The Morgan fingerprint density at radius 3 is 2.33 bits per heavy atom. The number of hydrogen-bond acceptors (Lipinski definition) is 6. The average molecular weight is 374 g/mol. The maximum Gasteiger partial charge on any atom is 0.262 e. The highest BCUT2D eigenvalue weighted by Crippen LogP contribution is 2.36. The molecule has 27 heavy (non-hydrogen) atoms. The van der Waals surface area contributed by atoms with Crippen LogP contribution in [-0.2, 0) is 14.4 Å². The largest absolute Gasteiger partial charge is 0.508 e. The van der Waals surface area contributed by atoms with E-state index in [0.717, 1.165) is 24.2 Å². The lowest BCUT2D eigenvalue weighted by Gasteiger charge is -2.24. The van der Waals surface area contributed by atoms with Crippen LogP contribution in [0.2, 0.25) is 0 Å². The van der Waals surface area contributed by atoms with Gasteiger partial charge in [0.25, 0.3) is 5.91 Å². The molecule has 0 spiro atoms. The number of rotatable bonds is 3. The maximum absolute atomic E-state index is 12.8. The first-order chi connectivity index (χ1) is 13.0. The summed E-state index contributed by atoms with van der Waals surface area (Å²) >= 11 is 0. The monoisotopic (exact) mass is 374 g/mol. The van der Waals surface area contributed by atoms with E-state index in [4.69, 9.17) is 4.74 Å². The Kier molecular flexibility index (Phi) is 5.73. The number of benzene rings is 1. The first-order valence-corrected chi connectivity index (χ1v) is 9.12. The molecular weight excluding hydrogens is 352 g/mol. The molecule has 1 aromatic carbocycles.